The Morgan fingerprint density at radius 1 is 1.23 bits per heavy atom. The summed E-state index contributed by atoms with van der Waals surface area (Å²) in [6, 6.07) is 0. The number of hydrogen-bond donors (Lipinski definition) is 2. The summed E-state index contributed by atoms with van der Waals surface area (Å²) in [6.45, 7) is 8.77. The summed E-state index contributed by atoms with van der Waals surface area (Å²) in [5, 5.41) is 20.8. The van der Waals surface area contributed by atoms with Crippen LogP contribution >= 0.6 is 0 Å². The first-order valence-electron chi connectivity index (χ1n) is 12.0. The molecule has 2 saturated carbocycles. The molecule has 0 spiro atoms. The molecule has 0 bridgehead atoms. The van der Waals surface area contributed by atoms with Gasteiger partial charge in [0, 0.05) is 6.42 Å². The molecule has 2 fully saturated rings. The molecule has 3 atom stereocenters. The third-order valence-electron chi connectivity index (χ3n) is 7.23. The van der Waals surface area contributed by atoms with E-state index in [9.17, 15) is 19.8 Å². The number of aliphatic hydroxyl groups excluding tert-OH is 2. The van der Waals surface area contributed by atoms with Gasteiger partial charge >= 0.3 is 5.97 Å². The maximum absolute atomic E-state index is 12.7. The van der Waals surface area contributed by atoms with Gasteiger partial charge in [-0.3, -0.25) is 9.59 Å². The summed E-state index contributed by atoms with van der Waals surface area (Å²) in [5.41, 5.74) is -0.102. The van der Waals surface area contributed by atoms with E-state index in [0.29, 0.717) is 18.3 Å². The van der Waals surface area contributed by atoms with Crippen LogP contribution in [-0.2, 0) is 14.3 Å². The molecule has 2 N–H and O–H groups in total. The van der Waals surface area contributed by atoms with Crippen molar-refractivity contribution in [2.45, 2.75) is 111 Å². The van der Waals surface area contributed by atoms with Gasteiger partial charge in [-0.05, 0) is 61.9 Å². The second-order valence-corrected chi connectivity index (χ2v) is 10.2. The topological polar surface area (TPSA) is 83.8 Å². The largest absolute Gasteiger partial charge is 0.512 e. The number of aliphatic hydroxyl groups is 2. The number of unbranched alkanes of at least 4 members (excludes halogenated alkanes) is 4. The van der Waals surface area contributed by atoms with E-state index in [4.69, 9.17) is 4.74 Å². The number of hydrogen-bond acceptors (Lipinski definition) is 5. The summed E-state index contributed by atoms with van der Waals surface area (Å²) < 4.78 is 5.57. The zero-order valence-corrected chi connectivity index (χ0v) is 19.4. The molecular weight excluding hydrogens is 380 g/mol. The minimum atomic E-state index is -1.07. The normalized spacial score (nSPS) is 32.6. The third kappa shape index (κ3) is 6.83. The monoisotopic (exact) mass is 422 g/mol. The van der Waals surface area contributed by atoms with Gasteiger partial charge in [0.1, 0.15) is 0 Å². The first-order chi connectivity index (χ1) is 14.2. The Balaban J connectivity index is 1.93. The van der Waals surface area contributed by atoms with Crippen molar-refractivity contribution in [1.82, 2.24) is 0 Å². The zero-order valence-electron chi connectivity index (χ0n) is 19.4. The fourth-order valence-corrected chi connectivity index (χ4v) is 5.01. The molecule has 5 nitrogen and oxygen atoms in total. The summed E-state index contributed by atoms with van der Waals surface area (Å²) in [7, 11) is 0. The fourth-order valence-electron chi connectivity index (χ4n) is 5.01. The van der Waals surface area contributed by atoms with Crippen molar-refractivity contribution in [3.63, 3.8) is 0 Å². The maximum Gasteiger partial charge on any atom is 0.307 e. The van der Waals surface area contributed by atoms with Gasteiger partial charge in [-0.1, -0.05) is 47.0 Å². The molecule has 30 heavy (non-hydrogen) atoms. The lowest BCUT2D eigenvalue weighted by Gasteiger charge is -2.38. The Kier molecular flexibility index (Phi) is 9.39. The van der Waals surface area contributed by atoms with Crippen LogP contribution in [0, 0.1) is 23.2 Å². The Labute approximate surface area is 182 Å². The van der Waals surface area contributed by atoms with Crippen LogP contribution in [-0.4, -0.2) is 34.2 Å². The van der Waals surface area contributed by atoms with Gasteiger partial charge in [-0.15, -0.1) is 0 Å². The molecule has 0 amide bonds. The molecule has 0 radical (unpaired) electrons. The number of allylic oxidation sites excluding steroid dienone is 1. The lowest BCUT2D eigenvalue weighted by Crippen LogP contribution is -2.35. The van der Waals surface area contributed by atoms with Crippen LogP contribution in [0.2, 0.25) is 0 Å². The van der Waals surface area contributed by atoms with Crippen molar-refractivity contribution >= 4 is 11.8 Å². The van der Waals surface area contributed by atoms with Crippen molar-refractivity contribution in [3.05, 3.63) is 11.8 Å². The van der Waals surface area contributed by atoms with Crippen molar-refractivity contribution in [3.8, 4) is 0 Å². The van der Waals surface area contributed by atoms with Gasteiger partial charge in [0.05, 0.1) is 24.2 Å². The Morgan fingerprint density at radius 3 is 2.50 bits per heavy atom. The predicted molar refractivity (Wildman–Crippen MR) is 118 cm³/mol. The van der Waals surface area contributed by atoms with Crippen LogP contribution in [0.5, 0.6) is 0 Å². The average Bonchev–Trinajstić information content (AvgIpc) is 2.94. The van der Waals surface area contributed by atoms with Crippen molar-refractivity contribution in [2.75, 3.05) is 0 Å². The number of carbonyl (C=O) groups is 2. The SMILES string of the molecule is CCCCCC/C=C(\O)C1C(O)CC(=O)C1OC(=O)CC1(C)CCC(C(C)C)CC1. The summed E-state index contributed by atoms with van der Waals surface area (Å²) >= 11 is 0. The fraction of sp³-hybridized carbons (Fsp3) is 0.840. The lowest BCUT2D eigenvalue weighted by atomic mass is 9.67. The summed E-state index contributed by atoms with van der Waals surface area (Å²) in [6.07, 6.45) is 9.03. The Bertz CT molecular complexity index is 601. The Hall–Kier alpha value is -1.36. The van der Waals surface area contributed by atoms with Crippen LogP contribution in [0.1, 0.15) is 98.3 Å². The van der Waals surface area contributed by atoms with Crippen molar-refractivity contribution < 1.29 is 24.5 Å². The molecule has 0 aromatic rings. The molecule has 0 heterocycles. The highest BCUT2D eigenvalue weighted by atomic mass is 16.5. The molecule has 3 unspecified atom stereocenters. The molecule has 2 aliphatic rings. The van der Waals surface area contributed by atoms with Gasteiger partial charge in [0.15, 0.2) is 11.9 Å². The predicted octanol–water partition coefficient (Wildman–Crippen LogP) is 5.50. The zero-order chi connectivity index (χ0) is 22.3. The smallest absolute Gasteiger partial charge is 0.307 e. The molecule has 0 aliphatic heterocycles. The van der Waals surface area contributed by atoms with Gasteiger partial charge in [0.25, 0.3) is 0 Å². The maximum atomic E-state index is 12.7. The minimum absolute atomic E-state index is 0.0219. The standard InChI is InChI=1S/C25H42O5/c1-5-6-7-8-9-10-19(26)23-20(27)15-21(28)24(23)30-22(29)16-25(4)13-11-18(12-14-25)17(2)3/h10,17-18,20,23-24,26-27H,5-9,11-16H2,1-4H3/b19-10-. The minimum Gasteiger partial charge on any atom is -0.512 e. The van der Waals surface area contributed by atoms with Crippen LogP contribution < -0.4 is 0 Å². The third-order valence-corrected chi connectivity index (χ3v) is 7.23. The van der Waals surface area contributed by atoms with E-state index in [1.165, 1.54) is 0 Å². The Morgan fingerprint density at radius 2 is 1.90 bits per heavy atom. The molecule has 0 aromatic heterocycles. The van der Waals surface area contributed by atoms with E-state index < -0.39 is 24.1 Å². The molecule has 172 valence electrons. The first kappa shape index (κ1) is 24.9. The van der Waals surface area contributed by atoms with Crippen molar-refractivity contribution in [1.29, 1.82) is 0 Å². The van der Waals surface area contributed by atoms with Gasteiger partial charge < -0.3 is 14.9 Å². The van der Waals surface area contributed by atoms with Crippen LogP contribution in [0.4, 0.5) is 0 Å². The summed E-state index contributed by atoms with van der Waals surface area (Å²) in [4.78, 5) is 25.0. The van der Waals surface area contributed by atoms with Gasteiger partial charge in [0.2, 0.25) is 0 Å². The molecule has 0 aromatic carbocycles. The molecule has 5 heteroatoms. The number of ketones is 1. The van der Waals surface area contributed by atoms with E-state index in [1.54, 1.807) is 6.08 Å². The molecular formula is C25H42O5. The molecule has 2 aliphatic carbocycles. The number of ether oxygens (including phenoxy) is 1. The van der Waals surface area contributed by atoms with E-state index >= 15 is 0 Å². The second kappa shape index (κ2) is 11.3. The number of esters is 1. The first-order valence-corrected chi connectivity index (χ1v) is 12.0. The molecule has 2 rings (SSSR count). The highest BCUT2D eigenvalue weighted by Gasteiger charge is 2.47. The van der Waals surface area contributed by atoms with E-state index in [0.717, 1.165) is 51.4 Å². The number of Topliss-reactive ketones (excluding diaryl/α,β-unsaturated/α-hetero) is 1. The highest BCUT2D eigenvalue weighted by Crippen LogP contribution is 2.44. The van der Waals surface area contributed by atoms with E-state index in [-0.39, 0.29) is 29.8 Å². The lowest BCUT2D eigenvalue weighted by molar-refractivity contribution is -0.158. The van der Waals surface area contributed by atoms with Gasteiger partial charge in [-0.25, -0.2) is 0 Å². The quantitative estimate of drug-likeness (QED) is 0.276. The van der Waals surface area contributed by atoms with Crippen LogP contribution in [0.3, 0.4) is 0 Å². The summed E-state index contributed by atoms with van der Waals surface area (Å²) in [5.74, 6) is -0.182. The van der Waals surface area contributed by atoms with Crippen molar-refractivity contribution in [2.24, 2.45) is 23.2 Å². The van der Waals surface area contributed by atoms with Crippen LogP contribution in [0.25, 0.3) is 0 Å². The second-order valence-electron chi connectivity index (χ2n) is 10.2. The highest BCUT2D eigenvalue weighted by molar-refractivity contribution is 5.89. The molecule has 0 saturated heterocycles. The van der Waals surface area contributed by atoms with E-state index in [1.807, 2.05) is 0 Å². The van der Waals surface area contributed by atoms with Crippen LogP contribution in [0.15, 0.2) is 11.8 Å². The average molecular weight is 423 g/mol. The van der Waals surface area contributed by atoms with Gasteiger partial charge in [-0.2, -0.15) is 0 Å². The number of carbonyl (C=O) groups excluding carboxylic acids is 2. The number of rotatable bonds is 10. The van der Waals surface area contributed by atoms with E-state index in [2.05, 4.69) is 27.7 Å².